The molecule has 0 aliphatic rings. The fraction of sp³-hybridized carbons (Fsp3) is 0.278. The maximum absolute atomic E-state index is 13.9. The minimum absolute atomic E-state index is 0.0949. The number of nitrogens with zero attached hydrogens (tertiary/aromatic N) is 2. The van der Waals surface area contributed by atoms with Gasteiger partial charge in [0.2, 0.25) is 0 Å². The van der Waals surface area contributed by atoms with Crippen LogP contribution in [0.25, 0.3) is 0 Å². The van der Waals surface area contributed by atoms with Gasteiger partial charge in [-0.15, -0.1) is 0 Å². The SMILES string of the molecule is COc1ccc(C(CO)N(C)Cc2cc(C#N)ccc2F)cc1. The van der Waals surface area contributed by atoms with E-state index in [1.54, 1.807) is 7.11 Å². The lowest BCUT2D eigenvalue weighted by Crippen LogP contribution is -2.27. The number of hydrogen-bond donors (Lipinski definition) is 1. The molecule has 2 rings (SSSR count). The van der Waals surface area contributed by atoms with Gasteiger partial charge in [0.25, 0.3) is 0 Å². The van der Waals surface area contributed by atoms with Gasteiger partial charge in [0, 0.05) is 12.1 Å². The first-order valence-electron chi connectivity index (χ1n) is 7.22. The fourth-order valence-electron chi connectivity index (χ4n) is 2.47. The second-order valence-electron chi connectivity index (χ2n) is 5.30. The normalized spacial score (nSPS) is 12.0. The third kappa shape index (κ3) is 4.07. The van der Waals surface area contributed by atoms with Crippen molar-refractivity contribution in [3.8, 4) is 11.8 Å². The quantitative estimate of drug-likeness (QED) is 0.891. The van der Waals surface area contributed by atoms with Crippen molar-refractivity contribution in [1.82, 2.24) is 4.90 Å². The largest absolute Gasteiger partial charge is 0.497 e. The Kier molecular flexibility index (Phi) is 5.69. The van der Waals surface area contributed by atoms with Crippen molar-refractivity contribution in [1.29, 1.82) is 5.26 Å². The lowest BCUT2D eigenvalue weighted by Gasteiger charge is -2.27. The molecule has 0 fully saturated rings. The van der Waals surface area contributed by atoms with Crippen LogP contribution < -0.4 is 4.74 Å². The minimum atomic E-state index is -0.359. The molecule has 0 radical (unpaired) electrons. The summed E-state index contributed by atoms with van der Waals surface area (Å²) in [5, 5.41) is 18.6. The van der Waals surface area contributed by atoms with Gasteiger partial charge >= 0.3 is 0 Å². The molecule has 23 heavy (non-hydrogen) atoms. The standard InChI is InChI=1S/C18H19FN2O2/c1-21(11-15-9-13(10-20)3-8-17(15)19)18(12-22)14-4-6-16(23-2)7-5-14/h3-9,18,22H,11-12H2,1-2H3. The number of hydrogen-bond acceptors (Lipinski definition) is 4. The smallest absolute Gasteiger partial charge is 0.127 e. The summed E-state index contributed by atoms with van der Waals surface area (Å²) < 4.78 is 19.0. The van der Waals surface area contributed by atoms with Crippen LogP contribution in [0.5, 0.6) is 5.75 Å². The first-order valence-corrected chi connectivity index (χ1v) is 7.22. The molecule has 0 saturated heterocycles. The van der Waals surface area contributed by atoms with E-state index in [0.29, 0.717) is 17.7 Å². The van der Waals surface area contributed by atoms with E-state index in [1.807, 2.05) is 42.3 Å². The molecular weight excluding hydrogens is 295 g/mol. The highest BCUT2D eigenvalue weighted by atomic mass is 19.1. The Balaban J connectivity index is 2.19. The minimum Gasteiger partial charge on any atom is -0.497 e. The van der Waals surface area contributed by atoms with Crippen LogP contribution in [0.2, 0.25) is 0 Å². The number of nitriles is 1. The van der Waals surface area contributed by atoms with Crippen molar-refractivity contribution < 1.29 is 14.2 Å². The number of ether oxygens (including phenoxy) is 1. The van der Waals surface area contributed by atoms with E-state index in [-0.39, 0.29) is 18.5 Å². The highest BCUT2D eigenvalue weighted by Gasteiger charge is 2.18. The summed E-state index contributed by atoms with van der Waals surface area (Å²) in [6, 6.07) is 13.4. The summed E-state index contributed by atoms with van der Waals surface area (Å²) in [7, 11) is 3.40. The molecule has 0 saturated carbocycles. The molecule has 120 valence electrons. The average Bonchev–Trinajstić information content (AvgIpc) is 2.58. The van der Waals surface area contributed by atoms with Gasteiger partial charge in [-0.25, -0.2) is 4.39 Å². The molecule has 4 nitrogen and oxygen atoms in total. The molecule has 1 unspecified atom stereocenters. The lowest BCUT2D eigenvalue weighted by molar-refractivity contribution is 0.141. The van der Waals surface area contributed by atoms with Crippen LogP contribution in [0.1, 0.15) is 22.7 Å². The summed E-state index contributed by atoms with van der Waals surface area (Å²) in [4.78, 5) is 1.85. The van der Waals surface area contributed by atoms with Gasteiger partial charge in [-0.1, -0.05) is 12.1 Å². The van der Waals surface area contributed by atoms with Crippen molar-refractivity contribution in [3.05, 3.63) is 65.0 Å². The molecule has 2 aromatic rings. The third-order valence-electron chi connectivity index (χ3n) is 3.80. The predicted molar refractivity (Wildman–Crippen MR) is 85.4 cm³/mol. The highest BCUT2D eigenvalue weighted by Crippen LogP contribution is 2.24. The van der Waals surface area contributed by atoms with Crippen LogP contribution in [0.15, 0.2) is 42.5 Å². The van der Waals surface area contributed by atoms with Gasteiger partial charge in [-0.3, -0.25) is 4.90 Å². The number of likely N-dealkylation sites (N-methyl/N-ethyl adjacent to an activating group) is 1. The van der Waals surface area contributed by atoms with Gasteiger partial charge in [0.05, 0.1) is 31.4 Å². The average molecular weight is 314 g/mol. The lowest BCUT2D eigenvalue weighted by atomic mass is 10.0. The number of methoxy groups -OCH3 is 1. The van der Waals surface area contributed by atoms with E-state index >= 15 is 0 Å². The number of aliphatic hydroxyl groups is 1. The van der Waals surface area contributed by atoms with Crippen LogP contribution in [0.3, 0.4) is 0 Å². The molecular formula is C18H19FN2O2. The molecule has 0 amide bonds. The second kappa shape index (κ2) is 7.73. The van der Waals surface area contributed by atoms with Gasteiger partial charge in [-0.2, -0.15) is 5.26 Å². The van der Waals surface area contributed by atoms with Crippen LogP contribution in [0.4, 0.5) is 4.39 Å². The van der Waals surface area contributed by atoms with Gasteiger partial charge in [0.15, 0.2) is 0 Å². The topological polar surface area (TPSA) is 56.5 Å². The highest BCUT2D eigenvalue weighted by molar-refractivity contribution is 5.34. The van der Waals surface area contributed by atoms with E-state index in [4.69, 9.17) is 10.00 Å². The van der Waals surface area contributed by atoms with E-state index < -0.39 is 0 Å². The number of halogens is 1. The van der Waals surface area contributed by atoms with Crippen LogP contribution in [0, 0.1) is 17.1 Å². The van der Waals surface area contributed by atoms with Crippen molar-refractivity contribution >= 4 is 0 Å². The van der Waals surface area contributed by atoms with Gasteiger partial charge < -0.3 is 9.84 Å². The van der Waals surface area contributed by atoms with E-state index in [0.717, 1.165) is 11.3 Å². The molecule has 2 aromatic carbocycles. The zero-order valence-corrected chi connectivity index (χ0v) is 13.2. The molecule has 0 aliphatic carbocycles. The zero-order valence-electron chi connectivity index (χ0n) is 13.2. The van der Waals surface area contributed by atoms with Crippen LogP contribution in [-0.4, -0.2) is 30.8 Å². The molecule has 0 spiro atoms. The Hall–Kier alpha value is -2.42. The Morgan fingerprint density at radius 3 is 2.52 bits per heavy atom. The van der Waals surface area contributed by atoms with Gasteiger partial charge in [-0.05, 0) is 42.9 Å². The summed E-state index contributed by atoms with van der Waals surface area (Å²) in [5.41, 5.74) is 1.76. The molecule has 0 bridgehead atoms. The predicted octanol–water partition coefficient (Wildman–Crippen LogP) is 2.87. The zero-order chi connectivity index (χ0) is 16.8. The maximum atomic E-state index is 13.9. The molecule has 0 aliphatic heterocycles. The monoisotopic (exact) mass is 314 g/mol. The number of aliphatic hydroxyl groups excluding tert-OH is 1. The maximum Gasteiger partial charge on any atom is 0.127 e. The molecule has 0 aromatic heterocycles. The first kappa shape index (κ1) is 16.9. The summed E-state index contributed by atoms with van der Waals surface area (Å²) in [5.74, 6) is 0.378. The summed E-state index contributed by atoms with van der Waals surface area (Å²) in [6.07, 6.45) is 0. The van der Waals surface area contributed by atoms with Crippen molar-refractivity contribution in [2.75, 3.05) is 20.8 Å². The summed E-state index contributed by atoms with van der Waals surface area (Å²) >= 11 is 0. The molecule has 5 heteroatoms. The second-order valence-corrected chi connectivity index (χ2v) is 5.30. The first-order chi connectivity index (χ1) is 11.1. The molecule has 0 heterocycles. The fourth-order valence-corrected chi connectivity index (χ4v) is 2.47. The van der Waals surface area contributed by atoms with Crippen molar-refractivity contribution in [3.63, 3.8) is 0 Å². The molecule has 1 N–H and O–H groups in total. The van der Waals surface area contributed by atoms with Crippen molar-refractivity contribution in [2.45, 2.75) is 12.6 Å². The van der Waals surface area contributed by atoms with Gasteiger partial charge in [0.1, 0.15) is 11.6 Å². The van der Waals surface area contributed by atoms with Crippen LogP contribution in [-0.2, 0) is 6.54 Å². The Morgan fingerprint density at radius 2 is 1.96 bits per heavy atom. The Bertz CT molecular complexity index is 695. The molecule has 1 atom stereocenters. The van der Waals surface area contributed by atoms with Crippen molar-refractivity contribution in [2.24, 2.45) is 0 Å². The number of benzene rings is 2. The Morgan fingerprint density at radius 1 is 1.26 bits per heavy atom. The summed E-state index contributed by atoms with van der Waals surface area (Å²) in [6.45, 7) is 0.195. The Labute approximate surface area is 135 Å². The van der Waals surface area contributed by atoms with E-state index in [2.05, 4.69) is 0 Å². The van der Waals surface area contributed by atoms with E-state index in [9.17, 15) is 9.50 Å². The van der Waals surface area contributed by atoms with Crippen LogP contribution >= 0.6 is 0 Å². The number of rotatable bonds is 6. The third-order valence-corrected chi connectivity index (χ3v) is 3.80. The van der Waals surface area contributed by atoms with E-state index in [1.165, 1.54) is 18.2 Å².